The molecule has 0 heterocycles. The number of anilines is 1. The van der Waals surface area contributed by atoms with E-state index in [-0.39, 0.29) is 5.69 Å². The molecule has 0 aromatic heterocycles. The average molecular weight is 307 g/mol. The molecule has 1 atom stereocenters. The van der Waals surface area contributed by atoms with E-state index in [0.29, 0.717) is 6.07 Å². The molecule has 108 valence electrons. The summed E-state index contributed by atoms with van der Waals surface area (Å²) >= 11 is -0.682. The van der Waals surface area contributed by atoms with Crippen molar-refractivity contribution in [2.24, 2.45) is 0 Å². The van der Waals surface area contributed by atoms with Gasteiger partial charge in [0.1, 0.15) is 5.82 Å². The van der Waals surface area contributed by atoms with Crippen molar-refractivity contribution in [3.63, 3.8) is 0 Å². The van der Waals surface area contributed by atoms with Gasteiger partial charge in [-0.2, -0.15) is 22.0 Å². The predicted octanol–water partition coefficient (Wildman–Crippen LogP) is 4.45. The minimum atomic E-state index is -5.68. The normalized spacial score (nSPS) is 14.3. The lowest BCUT2D eigenvalue weighted by atomic mass is 10.3. The lowest BCUT2D eigenvalue weighted by Gasteiger charge is -2.22. The summed E-state index contributed by atoms with van der Waals surface area (Å²) in [5.41, 5.74) is -0.0136. The number of nitrogens with one attached hydrogen (secondary N) is 1. The van der Waals surface area contributed by atoms with Crippen molar-refractivity contribution in [3.05, 3.63) is 24.0 Å². The van der Waals surface area contributed by atoms with Gasteiger partial charge in [-0.25, -0.2) is 8.78 Å². The quantitative estimate of drug-likeness (QED) is 0.651. The third-order valence-corrected chi connectivity index (χ3v) is 3.01. The van der Waals surface area contributed by atoms with Gasteiger partial charge in [0.05, 0.1) is 5.69 Å². The SMILES string of the molecule is CNc1ccc(SC(F)(F)C(F)C(F)(F)F)cc1F. The van der Waals surface area contributed by atoms with Crippen molar-refractivity contribution in [3.8, 4) is 0 Å². The molecule has 1 N–H and O–H groups in total. The second kappa shape index (κ2) is 5.48. The van der Waals surface area contributed by atoms with Crippen molar-refractivity contribution >= 4 is 17.4 Å². The minimum Gasteiger partial charge on any atom is -0.386 e. The van der Waals surface area contributed by atoms with Crippen LogP contribution in [0.1, 0.15) is 0 Å². The monoisotopic (exact) mass is 307 g/mol. The van der Waals surface area contributed by atoms with Crippen molar-refractivity contribution in [1.82, 2.24) is 0 Å². The highest BCUT2D eigenvalue weighted by atomic mass is 32.2. The molecule has 0 amide bonds. The molecule has 0 fully saturated rings. The summed E-state index contributed by atoms with van der Waals surface area (Å²) in [6.07, 6.45) is -10.0. The first-order valence-corrected chi connectivity index (χ1v) is 5.64. The summed E-state index contributed by atoms with van der Waals surface area (Å²) in [5.74, 6) is -0.925. The van der Waals surface area contributed by atoms with Crippen molar-refractivity contribution < 1.29 is 30.7 Å². The second-order valence-electron chi connectivity index (χ2n) is 3.46. The number of rotatable bonds is 4. The Morgan fingerprint density at radius 1 is 1.16 bits per heavy atom. The third-order valence-electron chi connectivity index (χ3n) is 2.05. The highest BCUT2D eigenvalue weighted by Crippen LogP contribution is 2.45. The molecule has 0 spiro atoms. The molecule has 19 heavy (non-hydrogen) atoms. The Kier molecular flexibility index (Phi) is 4.59. The average Bonchev–Trinajstić information content (AvgIpc) is 2.26. The molecule has 0 aliphatic heterocycles. The van der Waals surface area contributed by atoms with Crippen LogP contribution in [-0.2, 0) is 0 Å². The standard InChI is InChI=1S/C10H8F7NS/c1-18-7-3-2-5(4-6(7)11)19-10(16,17)8(12)9(13,14)15/h2-4,8,18H,1H3. The molecule has 1 unspecified atom stereocenters. The van der Waals surface area contributed by atoms with Crippen LogP contribution in [0, 0.1) is 5.82 Å². The van der Waals surface area contributed by atoms with E-state index in [1.165, 1.54) is 7.05 Å². The van der Waals surface area contributed by atoms with Gasteiger partial charge in [-0.1, -0.05) is 0 Å². The maximum absolute atomic E-state index is 13.2. The Morgan fingerprint density at radius 3 is 2.16 bits per heavy atom. The maximum atomic E-state index is 13.2. The number of benzene rings is 1. The van der Waals surface area contributed by atoms with Crippen molar-refractivity contribution in [1.29, 1.82) is 0 Å². The first-order chi connectivity index (χ1) is 8.58. The molecule has 0 saturated heterocycles. The first-order valence-electron chi connectivity index (χ1n) is 4.83. The van der Waals surface area contributed by atoms with E-state index in [1.54, 1.807) is 0 Å². The maximum Gasteiger partial charge on any atom is 0.426 e. The van der Waals surface area contributed by atoms with E-state index in [1.807, 2.05) is 0 Å². The highest BCUT2D eigenvalue weighted by molar-refractivity contribution is 8.00. The van der Waals surface area contributed by atoms with Crippen LogP contribution < -0.4 is 5.32 Å². The lowest BCUT2D eigenvalue weighted by molar-refractivity contribution is -0.219. The van der Waals surface area contributed by atoms with E-state index >= 15 is 0 Å². The van der Waals surface area contributed by atoms with Crippen LogP contribution in [0.25, 0.3) is 0 Å². The number of thioether (sulfide) groups is 1. The lowest BCUT2D eigenvalue weighted by Crippen LogP contribution is -2.39. The Balaban J connectivity index is 2.92. The molecular weight excluding hydrogens is 299 g/mol. The molecule has 1 nitrogen and oxygen atoms in total. The van der Waals surface area contributed by atoms with Crippen LogP contribution in [0.5, 0.6) is 0 Å². The molecule has 0 bridgehead atoms. The van der Waals surface area contributed by atoms with Crippen molar-refractivity contribution in [2.45, 2.75) is 22.5 Å². The first kappa shape index (κ1) is 15.9. The topological polar surface area (TPSA) is 12.0 Å². The van der Waals surface area contributed by atoms with E-state index in [4.69, 9.17) is 0 Å². The zero-order valence-corrected chi connectivity index (χ0v) is 10.2. The van der Waals surface area contributed by atoms with Gasteiger partial charge in [0.2, 0.25) is 0 Å². The van der Waals surface area contributed by atoms with Crippen LogP contribution in [0.2, 0.25) is 0 Å². The molecule has 0 aliphatic carbocycles. The number of halogens is 7. The fraction of sp³-hybridized carbons (Fsp3) is 0.400. The molecule has 0 radical (unpaired) electrons. The number of hydrogen-bond acceptors (Lipinski definition) is 2. The summed E-state index contributed by atoms with van der Waals surface area (Å²) in [7, 11) is 1.38. The van der Waals surface area contributed by atoms with E-state index in [0.717, 1.165) is 12.1 Å². The summed E-state index contributed by atoms with van der Waals surface area (Å²) in [5, 5.41) is -2.32. The van der Waals surface area contributed by atoms with Crippen LogP contribution in [0.4, 0.5) is 36.4 Å². The summed E-state index contributed by atoms with van der Waals surface area (Å²) < 4.78 is 87.6. The van der Waals surface area contributed by atoms with E-state index in [9.17, 15) is 30.7 Å². The van der Waals surface area contributed by atoms with Gasteiger partial charge in [0.15, 0.2) is 0 Å². The summed E-state index contributed by atoms with van der Waals surface area (Å²) in [4.78, 5) is -0.506. The predicted molar refractivity (Wildman–Crippen MR) is 57.7 cm³/mol. The Morgan fingerprint density at radius 2 is 1.74 bits per heavy atom. The van der Waals surface area contributed by atoms with Gasteiger partial charge < -0.3 is 5.32 Å². The van der Waals surface area contributed by atoms with Gasteiger partial charge in [0.25, 0.3) is 6.17 Å². The van der Waals surface area contributed by atoms with Gasteiger partial charge in [-0.15, -0.1) is 0 Å². The van der Waals surface area contributed by atoms with Gasteiger partial charge in [-0.05, 0) is 30.0 Å². The third kappa shape index (κ3) is 3.92. The largest absolute Gasteiger partial charge is 0.426 e. The fourth-order valence-electron chi connectivity index (χ4n) is 1.16. The number of hydrogen-bond donors (Lipinski definition) is 1. The van der Waals surface area contributed by atoms with Crippen LogP contribution >= 0.6 is 11.8 Å². The molecule has 0 saturated carbocycles. The van der Waals surface area contributed by atoms with Crippen LogP contribution in [-0.4, -0.2) is 24.7 Å². The molecular formula is C10H8F7NS. The Hall–Kier alpha value is -1.12. The Bertz CT molecular complexity index is 446. The molecule has 9 heteroatoms. The van der Waals surface area contributed by atoms with Gasteiger partial charge in [0, 0.05) is 11.9 Å². The van der Waals surface area contributed by atoms with Crippen LogP contribution in [0.15, 0.2) is 23.1 Å². The van der Waals surface area contributed by atoms with Crippen molar-refractivity contribution in [2.75, 3.05) is 12.4 Å². The number of alkyl halides is 6. The van der Waals surface area contributed by atoms with Crippen LogP contribution in [0.3, 0.4) is 0 Å². The second-order valence-corrected chi connectivity index (χ2v) is 4.68. The molecule has 1 aromatic carbocycles. The Labute approximate surface area is 108 Å². The van der Waals surface area contributed by atoms with Gasteiger partial charge >= 0.3 is 11.4 Å². The zero-order chi connectivity index (χ0) is 14.8. The molecule has 1 aromatic rings. The zero-order valence-electron chi connectivity index (χ0n) is 9.36. The van der Waals surface area contributed by atoms with E-state index in [2.05, 4.69) is 5.32 Å². The van der Waals surface area contributed by atoms with E-state index < -0.39 is 40.1 Å². The fourth-order valence-corrected chi connectivity index (χ4v) is 2.01. The molecule has 0 aliphatic rings. The smallest absolute Gasteiger partial charge is 0.386 e. The summed E-state index contributed by atoms with van der Waals surface area (Å²) in [6.45, 7) is 0. The molecule has 1 rings (SSSR count). The van der Waals surface area contributed by atoms with Gasteiger partial charge in [-0.3, -0.25) is 0 Å². The minimum absolute atomic E-state index is 0.0136. The summed E-state index contributed by atoms with van der Waals surface area (Å²) in [6, 6.07) is 2.64. The highest BCUT2D eigenvalue weighted by Gasteiger charge is 2.57.